The highest BCUT2D eigenvalue weighted by molar-refractivity contribution is 9.10. The average molecular weight is 369 g/mol. The summed E-state index contributed by atoms with van der Waals surface area (Å²) < 4.78 is 29.0. The number of carbonyl (C=O) groups excluding carboxylic acids is 1. The summed E-state index contributed by atoms with van der Waals surface area (Å²) in [6.07, 6.45) is 1.12. The zero-order valence-corrected chi connectivity index (χ0v) is 13.6. The summed E-state index contributed by atoms with van der Waals surface area (Å²) in [5.41, 5.74) is 0.525. The lowest BCUT2D eigenvalue weighted by Crippen LogP contribution is -2.12. The third kappa shape index (κ3) is 4.15. The molecule has 0 heterocycles. The van der Waals surface area contributed by atoms with Crippen LogP contribution in [0.3, 0.4) is 0 Å². The summed E-state index contributed by atoms with van der Waals surface area (Å²) >= 11 is 3.31. The Morgan fingerprint density at radius 3 is 2.52 bits per heavy atom. The Kier molecular flexibility index (Phi) is 4.80. The lowest BCUT2D eigenvalue weighted by molar-refractivity contribution is 0.0920. The zero-order chi connectivity index (χ0) is 15.5. The number of carbonyl (C=O) groups is 1. The van der Waals surface area contributed by atoms with Crippen LogP contribution < -0.4 is 4.74 Å². The zero-order valence-electron chi connectivity index (χ0n) is 11.2. The van der Waals surface area contributed by atoms with Crippen molar-refractivity contribution in [2.45, 2.75) is 4.90 Å². The van der Waals surface area contributed by atoms with E-state index < -0.39 is 9.84 Å². The predicted molar refractivity (Wildman–Crippen MR) is 83.5 cm³/mol. The Labute approximate surface area is 131 Å². The number of hydrogen-bond acceptors (Lipinski definition) is 4. The van der Waals surface area contributed by atoms with Crippen LogP contribution in [0.2, 0.25) is 0 Å². The van der Waals surface area contributed by atoms with E-state index >= 15 is 0 Å². The van der Waals surface area contributed by atoms with Gasteiger partial charge in [-0.15, -0.1) is 0 Å². The number of sulfone groups is 1. The Morgan fingerprint density at radius 1 is 1.14 bits per heavy atom. The van der Waals surface area contributed by atoms with Crippen molar-refractivity contribution < 1.29 is 17.9 Å². The standard InChI is InChI=1S/C15H13BrO4S/c1-21(18,19)12-6-4-5-11(9-12)20-10-15(17)13-7-2-3-8-14(13)16/h2-9H,10H2,1H3. The monoisotopic (exact) mass is 368 g/mol. The van der Waals surface area contributed by atoms with Gasteiger partial charge in [0.25, 0.3) is 0 Å². The largest absolute Gasteiger partial charge is 0.485 e. The van der Waals surface area contributed by atoms with E-state index in [2.05, 4.69) is 15.9 Å². The van der Waals surface area contributed by atoms with Crippen LogP contribution in [-0.2, 0) is 9.84 Å². The lowest BCUT2D eigenvalue weighted by Gasteiger charge is -2.08. The molecule has 6 heteroatoms. The highest BCUT2D eigenvalue weighted by Crippen LogP contribution is 2.19. The number of rotatable bonds is 5. The van der Waals surface area contributed by atoms with E-state index in [9.17, 15) is 13.2 Å². The third-order valence-corrected chi connectivity index (χ3v) is 4.58. The average Bonchev–Trinajstić information content (AvgIpc) is 2.45. The quantitative estimate of drug-likeness (QED) is 0.760. The summed E-state index contributed by atoms with van der Waals surface area (Å²) in [4.78, 5) is 12.2. The van der Waals surface area contributed by atoms with Gasteiger partial charge in [0.05, 0.1) is 4.90 Å². The van der Waals surface area contributed by atoms with Gasteiger partial charge in [0.1, 0.15) is 5.75 Å². The second-order valence-corrected chi connectivity index (χ2v) is 7.31. The van der Waals surface area contributed by atoms with Gasteiger partial charge in [-0.2, -0.15) is 0 Å². The Bertz CT molecular complexity index is 769. The van der Waals surface area contributed by atoms with Crippen molar-refractivity contribution >= 4 is 31.6 Å². The molecule has 0 atom stereocenters. The van der Waals surface area contributed by atoms with Crippen LogP contribution in [0.5, 0.6) is 5.75 Å². The minimum atomic E-state index is -3.30. The van der Waals surface area contributed by atoms with Crippen LogP contribution in [0, 0.1) is 0 Å². The molecule has 0 fully saturated rings. The maximum Gasteiger partial charge on any atom is 0.201 e. The molecule has 0 bridgehead atoms. The van der Waals surface area contributed by atoms with Crippen LogP contribution >= 0.6 is 15.9 Å². The highest BCUT2D eigenvalue weighted by atomic mass is 79.9. The molecule has 110 valence electrons. The molecule has 0 aliphatic carbocycles. The minimum Gasteiger partial charge on any atom is -0.485 e. The number of benzene rings is 2. The number of ether oxygens (including phenoxy) is 1. The van der Waals surface area contributed by atoms with Crippen molar-refractivity contribution in [3.8, 4) is 5.75 Å². The number of hydrogen-bond donors (Lipinski definition) is 0. The molecule has 0 aliphatic rings. The molecular weight excluding hydrogens is 356 g/mol. The molecule has 0 N–H and O–H groups in total. The fourth-order valence-corrected chi connectivity index (χ4v) is 2.87. The van der Waals surface area contributed by atoms with E-state index in [1.165, 1.54) is 12.1 Å². The molecule has 0 saturated heterocycles. The van der Waals surface area contributed by atoms with E-state index in [-0.39, 0.29) is 17.3 Å². The molecule has 0 unspecified atom stereocenters. The molecule has 0 spiro atoms. The first kappa shape index (κ1) is 15.7. The van der Waals surface area contributed by atoms with Crippen molar-refractivity contribution in [2.75, 3.05) is 12.9 Å². The highest BCUT2D eigenvalue weighted by Gasteiger charge is 2.12. The van der Waals surface area contributed by atoms with Gasteiger partial charge < -0.3 is 4.74 Å². The van der Waals surface area contributed by atoms with E-state index in [4.69, 9.17) is 4.74 Å². The van der Waals surface area contributed by atoms with Crippen LogP contribution in [0.1, 0.15) is 10.4 Å². The predicted octanol–water partition coefficient (Wildman–Crippen LogP) is 3.11. The van der Waals surface area contributed by atoms with Crippen LogP contribution in [0.25, 0.3) is 0 Å². The summed E-state index contributed by atoms with van der Waals surface area (Å²) in [5.74, 6) is 0.158. The van der Waals surface area contributed by atoms with Gasteiger partial charge in [-0.3, -0.25) is 4.79 Å². The van der Waals surface area contributed by atoms with Crippen molar-refractivity contribution in [1.29, 1.82) is 0 Å². The van der Waals surface area contributed by atoms with Gasteiger partial charge in [0.2, 0.25) is 5.78 Å². The van der Waals surface area contributed by atoms with E-state index in [0.717, 1.165) is 6.26 Å². The van der Waals surface area contributed by atoms with Crippen molar-refractivity contribution in [1.82, 2.24) is 0 Å². The number of ketones is 1. The molecule has 2 aromatic rings. The van der Waals surface area contributed by atoms with Crippen molar-refractivity contribution in [2.24, 2.45) is 0 Å². The fraction of sp³-hybridized carbons (Fsp3) is 0.133. The first-order valence-electron chi connectivity index (χ1n) is 6.08. The fourth-order valence-electron chi connectivity index (χ4n) is 1.71. The molecular formula is C15H13BrO4S. The van der Waals surface area contributed by atoms with Crippen molar-refractivity contribution in [3.05, 3.63) is 58.6 Å². The van der Waals surface area contributed by atoms with Gasteiger partial charge >= 0.3 is 0 Å². The normalized spacial score (nSPS) is 11.1. The molecule has 0 aromatic heterocycles. The molecule has 0 radical (unpaired) electrons. The van der Waals surface area contributed by atoms with Gasteiger partial charge in [-0.1, -0.05) is 40.2 Å². The van der Waals surface area contributed by atoms with Gasteiger partial charge in [-0.05, 0) is 24.3 Å². The molecule has 2 aromatic carbocycles. The van der Waals surface area contributed by atoms with Crippen LogP contribution in [0.4, 0.5) is 0 Å². The lowest BCUT2D eigenvalue weighted by atomic mass is 10.1. The third-order valence-electron chi connectivity index (χ3n) is 2.78. The molecule has 21 heavy (non-hydrogen) atoms. The maximum atomic E-state index is 12.0. The first-order chi connectivity index (χ1) is 9.88. The topological polar surface area (TPSA) is 60.4 Å². The molecule has 0 amide bonds. The van der Waals surface area contributed by atoms with Gasteiger partial charge in [0, 0.05) is 16.3 Å². The summed E-state index contributed by atoms with van der Waals surface area (Å²) in [5, 5.41) is 0. The second kappa shape index (κ2) is 6.41. The van der Waals surface area contributed by atoms with Crippen LogP contribution in [0.15, 0.2) is 57.9 Å². The molecule has 0 aliphatic heterocycles. The maximum absolute atomic E-state index is 12.0. The summed E-state index contributed by atoms with van der Waals surface area (Å²) in [6.45, 7) is -0.157. The summed E-state index contributed by atoms with van der Waals surface area (Å²) in [7, 11) is -3.30. The first-order valence-corrected chi connectivity index (χ1v) is 8.77. The Hall–Kier alpha value is -1.66. The SMILES string of the molecule is CS(=O)(=O)c1cccc(OCC(=O)c2ccccc2Br)c1. The van der Waals surface area contributed by atoms with E-state index in [1.54, 1.807) is 30.3 Å². The van der Waals surface area contributed by atoms with E-state index in [1.807, 2.05) is 6.07 Å². The Balaban J connectivity index is 2.11. The number of halogens is 1. The number of Topliss-reactive ketones (excluding diaryl/α,β-unsaturated/α-hetero) is 1. The molecule has 2 rings (SSSR count). The summed E-state index contributed by atoms with van der Waals surface area (Å²) in [6, 6.07) is 13.1. The molecule has 4 nitrogen and oxygen atoms in total. The Morgan fingerprint density at radius 2 is 1.86 bits per heavy atom. The van der Waals surface area contributed by atoms with Crippen LogP contribution in [-0.4, -0.2) is 27.1 Å². The van der Waals surface area contributed by atoms with Gasteiger partial charge in [0.15, 0.2) is 16.4 Å². The minimum absolute atomic E-state index is 0.157. The second-order valence-electron chi connectivity index (χ2n) is 4.44. The van der Waals surface area contributed by atoms with E-state index in [0.29, 0.717) is 15.8 Å². The van der Waals surface area contributed by atoms with Gasteiger partial charge in [-0.25, -0.2) is 8.42 Å². The molecule has 0 saturated carbocycles. The van der Waals surface area contributed by atoms with Crippen molar-refractivity contribution in [3.63, 3.8) is 0 Å². The smallest absolute Gasteiger partial charge is 0.201 e.